The maximum Gasteiger partial charge on any atom is 0.255 e. The molecule has 1 unspecified atom stereocenters. The van der Waals surface area contributed by atoms with Crippen molar-refractivity contribution in [2.24, 2.45) is 0 Å². The van der Waals surface area contributed by atoms with Crippen LogP contribution < -0.4 is 10.3 Å². The Hall–Kier alpha value is -2.38. The second-order valence-corrected chi connectivity index (χ2v) is 8.19. The van der Waals surface area contributed by atoms with E-state index >= 15 is 0 Å². The van der Waals surface area contributed by atoms with Gasteiger partial charge < -0.3 is 18.8 Å². The Morgan fingerprint density at radius 2 is 2.00 bits per heavy atom. The molecule has 1 atom stereocenters. The molecular formula is C24H27ClN2O4. The second-order valence-electron chi connectivity index (χ2n) is 7.76. The molecule has 0 bridgehead atoms. The van der Waals surface area contributed by atoms with Gasteiger partial charge in [0.25, 0.3) is 5.56 Å². The molecule has 1 aromatic heterocycles. The molecular weight excluding hydrogens is 416 g/mol. The van der Waals surface area contributed by atoms with Crippen LogP contribution >= 0.6 is 11.6 Å². The van der Waals surface area contributed by atoms with E-state index in [4.69, 9.17) is 25.8 Å². The van der Waals surface area contributed by atoms with Crippen LogP contribution in [0.3, 0.4) is 0 Å². The quantitative estimate of drug-likeness (QED) is 0.533. The highest BCUT2D eigenvalue weighted by molar-refractivity contribution is 6.31. The van der Waals surface area contributed by atoms with Crippen LogP contribution in [0.1, 0.15) is 5.56 Å². The Bertz CT molecular complexity index is 1060. The van der Waals surface area contributed by atoms with Crippen molar-refractivity contribution in [3.05, 3.63) is 75.5 Å². The molecule has 3 aromatic rings. The van der Waals surface area contributed by atoms with Crippen LogP contribution in [0.2, 0.25) is 5.02 Å². The third-order valence-corrected chi connectivity index (χ3v) is 5.54. The lowest BCUT2D eigenvalue weighted by Crippen LogP contribution is -2.39. The summed E-state index contributed by atoms with van der Waals surface area (Å²) in [6.07, 6.45) is 0.0273. The average molecular weight is 443 g/mol. The second kappa shape index (κ2) is 10.3. The lowest BCUT2D eigenvalue weighted by molar-refractivity contribution is -0.0963. The number of aromatic nitrogens is 1. The molecule has 0 aliphatic carbocycles. The highest BCUT2D eigenvalue weighted by Gasteiger charge is 2.18. The molecule has 1 saturated heterocycles. The van der Waals surface area contributed by atoms with Crippen molar-refractivity contribution in [3.63, 3.8) is 0 Å². The van der Waals surface area contributed by atoms with E-state index in [-0.39, 0.29) is 11.7 Å². The number of para-hydroxylation sites is 1. The summed E-state index contributed by atoms with van der Waals surface area (Å²) in [7, 11) is 1.99. The molecule has 2 heterocycles. The summed E-state index contributed by atoms with van der Waals surface area (Å²) >= 11 is 6.22. The molecule has 2 aromatic carbocycles. The largest absolute Gasteiger partial charge is 0.492 e. The predicted octanol–water partition coefficient (Wildman–Crippen LogP) is 3.58. The Kier molecular flexibility index (Phi) is 7.25. The van der Waals surface area contributed by atoms with Crippen molar-refractivity contribution in [2.45, 2.75) is 19.2 Å². The van der Waals surface area contributed by atoms with Gasteiger partial charge in [0.15, 0.2) is 0 Å². The number of rotatable bonds is 8. The number of likely N-dealkylation sites (N-methyl/N-ethyl adjacent to an activating group) is 1. The molecule has 0 saturated carbocycles. The first-order valence-corrected chi connectivity index (χ1v) is 10.9. The van der Waals surface area contributed by atoms with Gasteiger partial charge in [0.1, 0.15) is 12.4 Å². The summed E-state index contributed by atoms with van der Waals surface area (Å²) in [6.45, 7) is 3.89. The zero-order valence-electron chi connectivity index (χ0n) is 17.6. The number of fused-ring (bicyclic) bond motifs is 1. The Morgan fingerprint density at radius 3 is 2.77 bits per heavy atom. The molecule has 0 N–H and O–H groups in total. The van der Waals surface area contributed by atoms with E-state index < -0.39 is 0 Å². The van der Waals surface area contributed by atoms with Gasteiger partial charge in [-0.3, -0.25) is 9.69 Å². The standard InChI is InChI=1S/C24H27ClN2O4/c1-26(16-22-17-29-11-12-31-22)15-19-13-18-7-8-20(25)14-23(18)27(24(19)28)9-10-30-21-5-3-2-4-6-21/h2-8,13-14,22H,9-12,15-17H2,1H3. The summed E-state index contributed by atoms with van der Waals surface area (Å²) in [5.74, 6) is 0.781. The molecule has 4 rings (SSSR count). The molecule has 1 fully saturated rings. The molecule has 0 amide bonds. The van der Waals surface area contributed by atoms with Gasteiger partial charge in [-0.1, -0.05) is 35.9 Å². The SMILES string of the molecule is CN(Cc1cc2ccc(Cl)cc2n(CCOc2ccccc2)c1=O)CC1COCCO1. The molecule has 0 spiro atoms. The van der Waals surface area contributed by atoms with E-state index in [1.807, 2.05) is 61.6 Å². The first-order chi connectivity index (χ1) is 15.1. The number of hydrogen-bond donors (Lipinski definition) is 0. The van der Waals surface area contributed by atoms with Crippen molar-refractivity contribution in [1.29, 1.82) is 0 Å². The topological polar surface area (TPSA) is 52.9 Å². The zero-order chi connectivity index (χ0) is 21.6. The summed E-state index contributed by atoms with van der Waals surface area (Å²) in [5, 5.41) is 1.58. The highest BCUT2D eigenvalue weighted by Crippen LogP contribution is 2.20. The monoisotopic (exact) mass is 442 g/mol. The molecule has 6 nitrogen and oxygen atoms in total. The minimum atomic E-state index is -0.0286. The summed E-state index contributed by atoms with van der Waals surface area (Å²) in [4.78, 5) is 15.4. The van der Waals surface area contributed by atoms with Crippen molar-refractivity contribution >= 4 is 22.5 Å². The van der Waals surface area contributed by atoms with Crippen molar-refractivity contribution in [3.8, 4) is 5.75 Å². The lowest BCUT2D eigenvalue weighted by atomic mass is 10.1. The maximum absolute atomic E-state index is 13.3. The number of ether oxygens (including phenoxy) is 3. The molecule has 7 heteroatoms. The van der Waals surface area contributed by atoms with Crippen LogP contribution in [0.25, 0.3) is 10.9 Å². The van der Waals surface area contributed by atoms with Gasteiger partial charge in [0.2, 0.25) is 0 Å². The first kappa shape index (κ1) is 21.8. The number of benzene rings is 2. The summed E-state index contributed by atoms with van der Waals surface area (Å²) in [5.41, 5.74) is 1.51. The zero-order valence-corrected chi connectivity index (χ0v) is 18.4. The minimum Gasteiger partial charge on any atom is -0.492 e. The third-order valence-electron chi connectivity index (χ3n) is 5.30. The lowest BCUT2D eigenvalue weighted by Gasteiger charge is -2.27. The van der Waals surface area contributed by atoms with E-state index in [1.165, 1.54) is 0 Å². The van der Waals surface area contributed by atoms with E-state index in [0.29, 0.717) is 51.1 Å². The molecule has 164 valence electrons. The Balaban J connectivity index is 1.55. The molecule has 1 aliphatic rings. The van der Waals surface area contributed by atoms with Crippen LogP contribution in [0.5, 0.6) is 5.75 Å². The number of halogens is 1. The maximum atomic E-state index is 13.3. The van der Waals surface area contributed by atoms with Crippen LogP contribution in [0.4, 0.5) is 0 Å². The fraction of sp³-hybridized carbons (Fsp3) is 0.375. The molecule has 1 aliphatic heterocycles. The van der Waals surface area contributed by atoms with Gasteiger partial charge >= 0.3 is 0 Å². The van der Waals surface area contributed by atoms with Crippen LogP contribution in [-0.2, 0) is 22.6 Å². The van der Waals surface area contributed by atoms with Gasteiger partial charge in [0.05, 0.1) is 38.0 Å². The number of pyridine rings is 1. The van der Waals surface area contributed by atoms with Gasteiger partial charge in [-0.2, -0.15) is 0 Å². The minimum absolute atomic E-state index is 0.0273. The molecule has 0 radical (unpaired) electrons. The normalized spacial score (nSPS) is 16.7. The Morgan fingerprint density at radius 1 is 1.16 bits per heavy atom. The first-order valence-electron chi connectivity index (χ1n) is 10.5. The van der Waals surface area contributed by atoms with Crippen molar-refractivity contribution < 1.29 is 14.2 Å². The van der Waals surface area contributed by atoms with Crippen molar-refractivity contribution in [2.75, 3.05) is 40.0 Å². The fourth-order valence-corrected chi connectivity index (χ4v) is 4.02. The molecule has 31 heavy (non-hydrogen) atoms. The van der Waals surface area contributed by atoms with Crippen LogP contribution in [-0.4, -0.2) is 55.6 Å². The van der Waals surface area contributed by atoms with Crippen LogP contribution in [0.15, 0.2) is 59.4 Å². The van der Waals surface area contributed by atoms with E-state index in [9.17, 15) is 4.79 Å². The van der Waals surface area contributed by atoms with Gasteiger partial charge in [-0.15, -0.1) is 0 Å². The van der Waals surface area contributed by atoms with E-state index in [2.05, 4.69) is 4.90 Å². The third kappa shape index (κ3) is 5.66. The highest BCUT2D eigenvalue weighted by atomic mass is 35.5. The average Bonchev–Trinajstić information content (AvgIpc) is 2.78. The number of nitrogens with zero attached hydrogens (tertiary/aromatic N) is 2. The van der Waals surface area contributed by atoms with Crippen LogP contribution in [0, 0.1) is 0 Å². The predicted molar refractivity (Wildman–Crippen MR) is 122 cm³/mol. The van der Waals surface area contributed by atoms with Gasteiger partial charge in [-0.05, 0) is 42.8 Å². The smallest absolute Gasteiger partial charge is 0.255 e. The Labute approximate surface area is 186 Å². The van der Waals surface area contributed by atoms with Gasteiger partial charge in [-0.25, -0.2) is 0 Å². The van der Waals surface area contributed by atoms with Gasteiger partial charge in [0, 0.05) is 23.7 Å². The number of hydrogen-bond acceptors (Lipinski definition) is 5. The van der Waals surface area contributed by atoms with Crippen molar-refractivity contribution in [1.82, 2.24) is 9.47 Å². The van der Waals surface area contributed by atoms with E-state index in [0.717, 1.165) is 22.2 Å². The van der Waals surface area contributed by atoms with E-state index in [1.54, 1.807) is 4.57 Å². The summed E-state index contributed by atoms with van der Waals surface area (Å²) < 4.78 is 18.8. The summed E-state index contributed by atoms with van der Waals surface area (Å²) in [6, 6.07) is 17.2. The fourth-order valence-electron chi connectivity index (χ4n) is 3.86.